The third-order valence-corrected chi connectivity index (χ3v) is 3.76. The Kier molecular flexibility index (Phi) is 3.35. The van der Waals surface area contributed by atoms with E-state index < -0.39 is 0 Å². The predicted octanol–water partition coefficient (Wildman–Crippen LogP) is 3.46. The molecule has 4 heteroatoms. The summed E-state index contributed by atoms with van der Waals surface area (Å²) in [7, 11) is 0. The molecule has 1 atom stereocenters. The molecular weight excluding hydrogens is 248 g/mol. The second kappa shape index (κ2) is 5.12. The summed E-state index contributed by atoms with van der Waals surface area (Å²) in [5.41, 5.74) is 2.02. The van der Waals surface area contributed by atoms with Crippen molar-refractivity contribution in [1.82, 2.24) is 10.5 Å². The fourth-order valence-corrected chi connectivity index (χ4v) is 2.74. The number of rotatable bonds is 2. The number of hydrogen-bond donors (Lipinski definition) is 1. The largest absolute Gasteiger partial charge is 0.360 e. The number of piperidine rings is 1. The van der Waals surface area contributed by atoms with Gasteiger partial charge < -0.3 is 9.84 Å². The van der Waals surface area contributed by atoms with Gasteiger partial charge in [-0.2, -0.15) is 0 Å². The lowest BCUT2D eigenvalue weighted by Gasteiger charge is -2.21. The summed E-state index contributed by atoms with van der Waals surface area (Å²) in [6.07, 6.45) is 4.08. The first-order chi connectivity index (χ1) is 8.86. The van der Waals surface area contributed by atoms with Gasteiger partial charge in [0.15, 0.2) is 0 Å². The van der Waals surface area contributed by atoms with E-state index in [0.29, 0.717) is 5.92 Å². The van der Waals surface area contributed by atoms with Crippen molar-refractivity contribution >= 4 is 11.6 Å². The van der Waals surface area contributed by atoms with Crippen LogP contribution in [0.4, 0.5) is 0 Å². The van der Waals surface area contributed by atoms with Crippen LogP contribution in [0.25, 0.3) is 11.1 Å². The molecule has 3 rings (SSSR count). The van der Waals surface area contributed by atoms with Crippen molar-refractivity contribution in [3.05, 3.63) is 41.2 Å². The lowest BCUT2D eigenvalue weighted by atomic mass is 9.92. The van der Waals surface area contributed by atoms with E-state index in [1.807, 2.05) is 24.3 Å². The molecule has 1 aliphatic rings. The molecule has 1 aliphatic heterocycles. The van der Waals surface area contributed by atoms with Gasteiger partial charge in [-0.25, -0.2) is 0 Å². The number of nitrogens with zero attached hydrogens (tertiary/aromatic N) is 1. The maximum atomic E-state index is 6.24. The summed E-state index contributed by atoms with van der Waals surface area (Å²) in [6, 6.07) is 7.82. The zero-order chi connectivity index (χ0) is 12.4. The first-order valence-corrected chi connectivity index (χ1v) is 6.64. The molecule has 18 heavy (non-hydrogen) atoms. The van der Waals surface area contributed by atoms with E-state index in [2.05, 4.69) is 10.5 Å². The average molecular weight is 263 g/mol. The summed E-state index contributed by atoms with van der Waals surface area (Å²) < 4.78 is 5.46. The number of halogens is 1. The molecule has 0 bridgehead atoms. The molecule has 1 fully saturated rings. The topological polar surface area (TPSA) is 38.1 Å². The van der Waals surface area contributed by atoms with E-state index in [1.165, 1.54) is 6.42 Å². The van der Waals surface area contributed by atoms with Crippen LogP contribution in [-0.4, -0.2) is 18.2 Å². The van der Waals surface area contributed by atoms with E-state index in [-0.39, 0.29) is 0 Å². The molecule has 94 valence electrons. The van der Waals surface area contributed by atoms with Crippen molar-refractivity contribution in [3.63, 3.8) is 0 Å². The lowest BCUT2D eigenvalue weighted by molar-refractivity contribution is 0.330. The van der Waals surface area contributed by atoms with E-state index in [0.717, 1.165) is 41.4 Å². The molecule has 1 saturated heterocycles. The Balaban J connectivity index is 1.98. The minimum Gasteiger partial charge on any atom is -0.360 e. The van der Waals surface area contributed by atoms with Crippen LogP contribution < -0.4 is 5.32 Å². The van der Waals surface area contributed by atoms with E-state index in [4.69, 9.17) is 16.1 Å². The summed E-state index contributed by atoms with van der Waals surface area (Å²) >= 11 is 6.24. The van der Waals surface area contributed by atoms with Gasteiger partial charge in [0.05, 0.1) is 6.20 Å². The van der Waals surface area contributed by atoms with Gasteiger partial charge >= 0.3 is 0 Å². The first-order valence-electron chi connectivity index (χ1n) is 6.26. The zero-order valence-electron chi connectivity index (χ0n) is 10.0. The van der Waals surface area contributed by atoms with E-state index >= 15 is 0 Å². The third kappa shape index (κ3) is 2.16. The van der Waals surface area contributed by atoms with Gasteiger partial charge in [-0.3, -0.25) is 0 Å². The summed E-state index contributed by atoms with van der Waals surface area (Å²) in [5.74, 6) is 1.35. The Labute approximate surface area is 111 Å². The number of aromatic nitrogens is 1. The zero-order valence-corrected chi connectivity index (χ0v) is 10.8. The molecular formula is C14H15ClN2O. The van der Waals surface area contributed by atoms with Gasteiger partial charge in [0, 0.05) is 28.6 Å². The second-order valence-corrected chi connectivity index (χ2v) is 5.03. The molecule has 2 heterocycles. The molecule has 0 spiro atoms. The second-order valence-electron chi connectivity index (χ2n) is 4.63. The highest BCUT2D eigenvalue weighted by molar-refractivity contribution is 6.33. The highest BCUT2D eigenvalue weighted by atomic mass is 35.5. The first kappa shape index (κ1) is 11.8. The van der Waals surface area contributed by atoms with Crippen molar-refractivity contribution < 1.29 is 4.52 Å². The van der Waals surface area contributed by atoms with Gasteiger partial charge in [-0.15, -0.1) is 0 Å². The maximum Gasteiger partial charge on any atom is 0.148 e. The molecule has 0 amide bonds. The fourth-order valence-electron chi connectivity index (χ4n) is 2.50. The van der Waals surface area contributed by atoms with Crippen LogP contribution in [0.1, 0.15) is 24.5 Å². The summed E-state index contributed by atoms with van der Waals surface area (Å²) in [4.78, 5) is 0. The summed E-state index contributed by atoms with van der Waals surface area (Å²) in [6.45, 7) is 2.04. The van der Waals surface area contributed by atoms with E-state index in [9.17, 15) is 0 Å². The van der Waals surface area contributed by atoms with Crippen molar-refractivity contribution in [2.24, 2.45) is 0 Å². The molecule has 2 aromatic rings. The molecule has 1 aromatic carbocycles. The highest BCUT2D eigenvalue weighted by Gasteiger charge is 2.23. The normalized spacial score (nSPS) is 19.9. The average Bonchev–Trinajstić information content (AvgIpc) is 2.89. The molecule has 0 radical (unpaired) electrons. The van der Waals surface area contributed by atoms with Crippen molar-refractivity contribution in [1.29, 1.82) is 0 Å². The Bertz CT molecular complexity index is 532. The minimum atomic E-state index is 0.396. The number of benzene rings is 1. The number of hydrogen-bond acceptors (Lipinski definition) is 3. The van der Waals surface area contributed by atoms with Crippen LogP contribution >= 0.6 is 11.6 Å². The van der Waals surface area contributed by atoms with Crippen LogP contribution in [0.15, 0.2) is 35.0 Å². The predicted molar refractivity (Wildman–Crippen MR) is 71.8 cm³/mol. The van der Waals surface area contributed by atoms with Crippen LogP contribution in [0.3, 0.4) is 0 Å². The quantitative estimate of drug-likeness (QED) is 0.901. The van der Waals surface area contributed by atoms with Gasteiger partial charge in [0.1, 0.15) is 5.76 Å². The number of nitrogens with one attached hydrogen (secondary N) is 1. The smallest absolute Gasteiger partial charge is 0.148 e. The lowest BCUT2D eigenvalue weighted by Crippen LogP contribution is -2.28. The molecule has 0 saturated carbocycles. The van der Waals surface area contributed by atoms with Crippen LogP contribution in [0.2, 0.25) is 5.02 Å². The SMILES string of the molecule is Clc1ccccc1-c1cnoc1C1CCCNC1. The minimum absolute atomic E-state index is 0.396. The van der Waals surface area contributed by atoms with Gasteiger partial charge in [0.2, 0.25) is 0 Å². The van der Waals surface area contributed by atoms with Crippen LogP contribution in [0, 0.1) is 0 Å². The Morgan fingerprint density at radius 3 is 2.94 bits per heavy atom. The van der Waals surface area contributed by atoms with Gasteiger partial charge in [-0.1, -0.05) is 35.0 Å². The van der Waals surface area contributed by atoms with Crippen LogP contribution in [0.5, 0.6) is 0 Å². The highest BCUT2D eigenvalue weighted by Crippen LogP contribution is 2.35. The Morgan fingerprint density at radius 2 is 2.17 bits per heavy atom. The molecule has 1 aromatic heterocycles. The van der Waals surface area contributed by atoms with Crippen molar-refractivity contribution in [3.8, 4) is 11.1 Å². The molecule has 1 unspecified atom stereocenters. The van der Waals surface area contributed by atoms with Gasteiger partial charge in [-0.05, 0) is 25.5 Å². The van der Waals surface area contributed by atoms with Crippen molar-refractivity contribution in [2.75, 3.05) is 13.1 Å². The fraction of sp³-hybridized carbons (Fsp3) is 0.357. The third-order valence-electron chi connectivity index (χ3n) is 3.43. The molecule has 1 N–H and O–H groups in total. The Morgan fingerprint density at radius 1 is 1.28 bits per heavy atom. The molecule has 0 aliphatic carbocycles. The van der Waals surface area contributed by atoms with Gasteiger partial charge in [0.25, 0.3) is 0 Å². The summed E-state index contributed by atoms with van der Waals surface area (Å²) in [5, 5.41) is 8.09. The monoisotopic (exact) mass is 262 g/mol. The standard InChI is InChI=1S/C14H15ClN2O/c15-13-6-2-1-5-11(13)12-9-17-18-14(12)10-4-3-7-16-8-10/h1-2,5-6,9-10,16H,3-4,7-8H2. The van der Waals surface area contributed by atoms with Crippen molar-refractivity contribution in [2.45, 2.75) is 18.8 Å². The van der Waals surface area contributed by atoms with E-state index in [1.54, 1.807) is 6.20 Å². The Hall–Kier alpha value is -1.32. The molecule has 3 nitrogen and oxygen atoms in total. The maximum absolute atomic E-state index is 6.24. The van der Waals surface area contributed by atoms with Crippen LogP contribution in [-0.2, 0) is 0 Å².